The lowest BCUT2D eigenvalue weighted by Gasteiger charge is -2.12. The zero-order chi connectivity index (χ0) is 14.0. The molecule has 0 spiro atoms. The molecule has 2 amide bonds. The van der Waals surface area contributed by atoms with Gasteiger partial charge in [-0.15, -0.1) is 0 Å². The van der Waals surface area contributed by atoms with Gasteiger partial charge in [0, 0.05) is 19.5 Å². The monoisotopic (exact) mass is 258 g/mol. The Labute approximate surface area is 109 Å². The van der Waals surface area contributed by atoms with Gasteiger partial charge in [-0.2, -0.15) is 0 Å². The van der Waals surface area contributed by atoms with Crippen LogP contribution in [0.2, 0.25) is 0 Å². The third kappa shape index (κ3) is 11.2. The predicted octanol–water partition coefficient (Wildman–Crippen LogP) is 2.22. The SMILES string of the molecule is CC(C)CCNC(=O)NCCC(C)CCC(=O)O. The Kier molecular flexibility index (Phi) is 9.06. The van der Waals surface area contributed by atoms with E-state index in [2.05, 4.69) is 24.5 Å². The van der Waals surface area contributed by atoms with Crippen LogP contribution in [-0.2, 0) is 4.79 Å². The maximum Gasteiger partial charge on any atom is 0.314 e. The highest BCUT2D eigenvalue weighted by Crippen LogP contribution is 2.08. The number of hydrogen-bond acceptors (Lipinski definition) is 2. The van der Waals surface area contributed by atoms with Crippen molar-refractivity contribution in [1.29, 1.82) is 0 Å². The summed E-state index contributed by atoms with van der Waals surface area (Å²) in [4.78, 5) is 21.7. The molecule has 1 atom stereocenters. The summed E-state index contributed by atoms with van der Waals surface area (Å²) in [6.45, 7) is 7.51. The lowest BCUT2D eigenvalue weighted by molar-refractivity contribution is -0.137. The third-order valence-corrected chi connectivity index (χ3v) is 2.78. The molecular weight excluding hydrogens is 232 g/mol. The standard InChI is InChI=1S/C13H26N2O3/c1-10(2)6-8-14-13(18)15-9-7-11(3)4-5-12(16)17/h10-11H,4-9H2,1-3H3,(H,16,17)(H2,14,15,18). The summed E-state index contributed by atoms with van der Waals surface area (Å²) in [6, 6.07) is -0.138. The van der Waals surface area contributed by atoms with E-state index in [0.29, 0.717) is 31.3 Å². The number of carboxylic acids is 1. The number of rotatable bonds is 9. The largest absolute Gasteiger partial charge is 0.481 e. The minimum Gasteiger partial charge on any atom is -0.481 e. The molecule has 5 nitrogen and oxygen atoms in total. The van der Waals surface area contributed by atoms with Gasteiger partial charge >= 0.3 is 12.0 Å². The van der Waals surface area contributed by atoms with Gasteiger partial charge in [-0.1, -0.05) is 20.8 Å². The molecule has 0 saturated heterocycles. The molecule has 0 heterocycles. The van der Waals surface area contributed by atoms with Crippen LogP contribution < -0.4 is 10.6 Å². The molecule has 0 saturated carbocycles. The number of carboxylic acid groups (broad SMARTS) is 1. The summed E-state index contributed by atoms with van der Waals surface area (Å²) < 4.78 is 0. The van der Waals surface area contributed by atoms with Crippen LogP contribution in [0.4, 0.5) is 4.79 Å². The Morgan fingerprint density at radius 3 is 2.06 bits per heavy atom. The van der Waals surface area contributed by atoms with E-state index in [-0.39, 0.29) is 12.5 Å². The molecule has 0 aliphatic rings. The molecule has 0 aromatic heterocycles. The first-order valence-electron chi connectivity index (χ1n) is 6.65. The van der Waals surface area contributed by atoms with E-state index < -0.39 is 5.97 Å². The first kappa shape index (κ1) is 16.7. The van der Waals surface area contributed by atoms with E-state index >= 15 is 0 Å². The summed E-state index contributed by atoms with van der Waals surface area (Å²) in [5.74, 6) is 0.139. The van der Waals surface area contributed by atoms with Crippen LogP contribution in [0.3, 0.4) is 0 Å². The first-order valence-corrected chi connectivity index (χ1v) is 6.65. The van der Waals surface area contributed by atoms with Crippen LogP contribution in [0, 0.1) is 11.8 Å². The zero-order valence-corrected chi connectivity index (χ0v) is 11.7. The van der Waals surface area contributed by atoms with Crippen molar-refractivity contribution >= 4 is 12.0 Å². The average molecular weight is 258 g/mol. The van der Waals surface area contributed by atoms with E-state index in [0.717, 1.165) is 12.8 Å². The molecule has 3 N–H and O–H groups in total. The Balaban J connectivity index is 3.46. The molecule has 0 bridgehead atoms. The lowest BCUT2D eigenvalue weighted by atomic mass is 10.0. The topological polar surface area (TPSA) is 78.4 Å². The number of nitrogens with one attached hydrogen (secondary N) is 2. The molecule has 0 aliphatic carbocycles. The number of carbonyl (C=O) groups is 2. The number of urea groups is 1. The number of carbonyl (C=O) groups excluding carboxylic acids is 1. The highest BCUT2D eigenvalue weighted by Gasteiger charge is 2.06. The summed E-state index contributed by atoms with van der Waals surface area (Å²) in [5, 5.41) is 14.1. The highest BCUT2D eigenvalue weighted by atomic mass is 16.4. The second-order valence-corrected chi connectivity index (χ2v) is 5.19. The first-order chi connectivity index (χ1) is 8.41. The van der Waals surface area contributed by atoms with Gasteiger partial charge in [0.25, 0.3) is 0 Å². The maximum atomic E-state index is 11.4. The Bertz CT molecular complexity index is 255. The van der Waals surface area contributed by atoms with Crippen molar-refractivity contribution in [1.82, 2.24) is 10.6 Å². The van der Waals surface area contributed by atoms with E-state index in [4.69, 9.17) is 5.11 Å². The quantitative estimate of drug-likeness (QED) is 0.593. The second kappa shape index (κ2) is 9.74. The molecule has 0 aromatic carbocycles. The molecular formula is C13H26N2O3. The van der Waals surface area contributed by atoms with Crippen LogP contribution in [0.15, 0.2) is 0 Å². The van der Waals surface area contributed by atoms with Gasteiger partial charge < -0.3 is 15.7 Å². The summed E-state index contributed by atoms with van der Waals surface area (Å²) in [5.41, 5.74) is 0. The smallest absolute Gasteiger partial charge is 0.314 e. The van der Waals surface area contributed by atoms with Gasteiger partial charge in [0.05, 0.1) is 0 Å². The van der Waals surface area contributed by atoms with Gasteiger partial charge in [-0.3, -0.25) is 4.79 Å². The van der Waals surface area contributed by atoms with Crippen LogP contribution in [-0.4, -0.2) is 30.2 Å². The van der Waals surface area contributed by atoms with Crippen molar-refractivity contribution in [2.45, 2.75) is 46.5 Å². The van der Waals surface area contributed by atoms with E-state index in [1.54, 1.807) is 0 Å². The molecule has 5 heteroatoms. The molecule has 0 aromatic rings. The Morgan fingerprint density at radius 2 is 1.56 bits per heavy atom. The summed E-state index contributed by atoms with van der Waals surface area (Å²) >= 11 is 0. The van der Waals surface area contributed by atoms with Crippen molar-refractivity contribution in [3.63, 3.8) is 0 Å². The van der Waals surface area contributed by atoms with E-state index in [9.17, 15) is 9.59 Å². The normalized spacial score (nSPS) is 12.2. The molecule has 18 heavy (non-hydrogen) atoms. The van der Waals surface area contributed by atoms with Gasteiger partial charge in [0.15, 0.2) is 0 Å². The highest BCUT2D eigenvalue weighted by molar-refractivity contribution is 5.73. The van der Waals surface area contributed by atoms with Gasteiger partial charge in [0.2, 0.25) is 0 Å². The molecule has 0 rings (SSSR count). The van der Waals surface area contributed by atoms with Gasteiger partial charge in [-0.25, -0.2) is 4.79 Å². The van der Waals surface area contributed by atoms with Crippen molar-refractivity contribution in [3.8, 4) is 0 Å². The summed E-state index contributed by atoms with van der Waals surface area (Å²) in [7, 11) is 0. The van der Waals surface area contributed by atoms with E-state index in [1.807, 2.05) is 6.92 Å². The fraction of sp³-hybridized carbons (Fsp3) is 0.846. The van der Waals surface area contributed by atoms with Gasteiger partial charge in [0.1, 0.15) is 0 Å². The fourth-order valence-corrected chi connectivity index (χ4v) is 1.48. The molecule has 0 radical (unpaired) electrons. The minimum atomic E-state index is -0.763. The van der Waals surface area contributed by atoms with Crippen molar-refractivity contribution in [2.75, 3.05) is 13.1 Å². The second-order valence-electron chi connectivity index (χ2n) is 5.19. The summed E-state index contributed by atoms with van der Waals surface area (Å²) in [6.07, 6.45) is 2.64. The molecule has 0 aliphatic heterocycles. The van der Waals surface area contributed by atoms with Crippen molar-refractivity contribution in [3.05, 3.63) is 0 Å². The number of hydrogen-bond donors (Lipinski definition) is 3. The Morgan fingerprint density at radius 1 is 1.00 bits per heavy atom. The zero-order valence-electron chi connectivity index (χ0n) is 11.7. The molecule has 106 valence electrons. The Hall–Kier alpha value is -1.26. The van der Waals surface area contributed by atoms with E-state index in [1.165, 1.54) is 0 Å². The van der Waals surface area contributed by atoms with Crippen molar-refractivity contribution < 1.29 is 14.7 Å². The number of amides is 2. The molecule has 1 unspecified atom stereocenters. The van der Waals surface area contributed by atoms with Crippen LogP contribution in [0.1, 0.15) is 46.5 Å². The maximum absolute atomic E-state index is 11.4. The van der Waals surface area contributed by atoms with Gasteiger partial charge in [-0.05, 0) is 31.1 Å². The van der Waals surface area contributed by atoms with Crippen LogP contribution >= 0.6 is 0 Å². The molecule has 0 fully saturated rings. The van der Waals surface area contributed by atoms with Crippen LogP contribution in [0.25, 0.3) is 0 Å². The number of aliphatic carboxylic acids is 1. The minimum absolute atomic E-state index is 0.138. The fourth-order valence-electron chi connectivity index (χ4n) is 1.48. The predicted molar refractivity (Wildman–Crippen MR) is 71.5 cm³/mol. The average Bonchev–Trinajstić information content (AvgIpc) is 2.25. The van der Waals surface area contributed by atoms with Crippen molar-refractivity contribution in [2.24, 2.45) is 11.8 Å². The third-order valence-electron chi connectivity index (χ3n) is 2.78. The van der Waals surface area contributed by atoms with Crippen LogP contribution in [0.5, 0.6) is 0 Å². The lowest BCUT2D eigenvalue weighted by Crippen LogP contribution is -2.37.